The minimum atomic E-state index is -0.524. The van der Waals surface area contributed by atoms with Gasteiger partial charge in [0.15, 0.2) is 0 Å². The van der Waals surface area contributed by atoms with E-state index in [2.05, 4.69) is 16.0 Å². The van der Waals surface area contributed by atoms with Crippen LogP contribution in [0.1, 0.15) is 40.0 Å². The minimum absolute atomic E-state index is 0.183. The second-order valence-electron chi connectivity index (χ2n) is 5.40. The van der Waals surface area contributed by atoms with Gasteiger partial charge >= 0.3 is 12.1 Å². The van der Waals surface area contributed by atoms with E-state index in [1.165, 1.54) is 0 Å². The molecule has 0 aliphatic carbocycles. The molecule has 0 heterocycles. The smallest absolute Gasteiger partial charge is 0.407 e. The lowest BCUT2D eigenvalue weighted by atomic mass is 10.2. The van der Waals surface area contributed by atoms with Crippen molar-refractivity contribution in [1.82, 2.24) is 16.0 Å². The zero-order chi connectivity index (χ0) is 15.4. The van der Waals surface area contributed by atoms with E-state index >= 15 is 0 Å². The lowest BCUT2D eigenvalue weighted by Crippen LogP contribution is -2.41. The molecule has 0 unspecified atom stereocenters. The van der Waals surface area contributed by atoms with Gasteiger partial charge in [0.1, 0.15) is 5.60 Å². The second kappa shape index (κ2) is 10.3. The third-order valence-corrected chi connectivity index (χ3v) is 2.20. The van der Waals surface area contributed by atoms with E-state index in [1.54, 1.807) is 20.8 Å². The van der Waals surface area contributed by atoms with Crippen LogP contribution >= 0.6 is 0 Å². The lowest BCUT2D eigenvalue weighted by molar-refractivity contribution is 0.0528. The topological polar surface area (TPSA) is 99.7 Å². The average Bonchev–Trinajstić information content (AvgIpc) is 2.32. The monoisotopic (exact) mass is 289 g/mol. The van der Waals surface area contributed by atoms with Crippen molar-refractivity contribution in [3.8, 4) is 0 Å². The van der Waals surface area contributed by atoms with Crippen molar-refractivity contribution in [2.24, 2.45) is 0 Å². The Morgan fingerprint density at radius 3 is 2.15 bits per heavy atom. The predicted octanol–water partition coefficient (Wildman–Crippen LogP) is 0.973. The highest BCUT2D eigenvalue weighted by Crippen LogP contribution is 2.05. The molecule has 0 atom stereocenters. The highest BCUT2D eigenvalue weighted by atomic mass is 16.6. The summed E-state index contributed by atoms with van der Waals surface area (Å²) in [5, 5.41) is 16.5. The summed E-state index contributed by atoms with van der Waals surface area (Å²) >= 11 is 0. The van der Waals surface area contributed by atoms with Crippen LogP contribution < -0.4 is 16.0 Å². The third-order valence-electron chi connectivity index (χ3n) is 2.20. The Morgan fingerprint density at radius 2 is 1.55 bits per heavy atom. The fourth-order valence-corrected chi connectivity index (χ4v) is 1.33. The quantitative estimate of drug-likeness (QED) is 0.500. The zero-order valence-corrected chi connectivity index (χ0v) is 12.6. The minimum Gasteiger partial charge on any atom is -0.444 e. The molecule has 0 radical (unpaired) electrons. The van der Waals surface area contributed by atoms with Gasteiger partial charge in [-0.05, 0) is 40.0 Å². The number of aliphatic hydroxyl groups is 1. The first-order valence-electron chi connectivity index (χ1n) is 6.94. The fraction of sp³-hybridized carbons (Fsp3) is 0.846. The Balaban J connectivity index is 3.46. The summed E-state index contributed by atoms with van der Waals surface area (Å²) in [7, 11) is 0. The van der Waals surface area contributed by atoms with Gasteiger partial charge in [0, 0.05) is 26.2 Å². The number of nitrogens with one attached hydrogen (secondary N) is 3. The van der Waals surface area contributed by atoms with Crippen LogP contribution in [0.25, 0.3) is 0 Å². The van der Waals surface area contributed by atoms with Crippen molar-refractivity contribution in [1.29, 1.82) is 0 Å². The highest BCUT2D eigenvalue weighted by molar-refractivity contribution is 5.73. The Hall–Kier alpha value is -1.50. The maximum absolute atomic E-state index is 11.3. The van der Waals surface area contributed by atoms with Crippen LogP contribution in [0.2, 0.25) is 0 Å². The summed E-state index contributed by atoms with van der Waals surface area (Å²) in [4.78, 5) is 22.6. The standard InChI is InChI=1S/C13H27N3O4/c1-13(2,3)20-12(19)16-9-8-15-11(18)14-7-5-4-6-10-17/h17H,4-10H2,1-3H3,(H,16,19)(H2,14,15,18). The molecule has 0 rings (SSSR count). The number of alkyl carbamates (subject to hydrolysis) is 1. The molecule has 20 heavy (non-hydrogen) atoms. The van der Waals surface area contributed by atoms with Crippen molar-refractivity contribution < 1.29 is 19.4 Å². The van der Waals surface area contributed by atoms with Gasteiger partial charge in [-0.2, -0.15) is 0 Å². The van der Waals surface area contributed by atoms with E-state index in [0.717, 1.165) is 19.3 Å². The summed E-state index contributed by atoms with van der Waals surface area (Å²) in [6.07, 6.45) is 1.98. The van der Waals surface area contributed by atoms with Gasteiger partial charge in [0.25, 0.3) is 0 Å². The zero-order valence-electron chi connectivity index (χ0n) is 12.6. The fourth-order valence-electron chi connectivity index (χ4n) is 1.33. The second-order valence-corrected chi connectivity index (χ2v) is 5.40. The number of carbonyl (C=O) groups is 2. The number of unbranched alkanes of at least 4 members (excludes halogenated alkanes) is 2. The van der Waals surface area contributed by atoms with Crippen molar-refractivity contribution in [3.05, 3.63) is 0 Å². The average molecular weight is 289 g/mol. The number of hydrogen-bond donors (Lipinski definition) is 4. The number of hydrogen-bond acceptors (Lipinski definition) is 4. The summed E-state index contributed by atoms with van der Waals surface area (Å²) < 4.78 is 5.05. The predicted molar refractivity (Wildman–Crippen MR) is 76.6 cm³/mol. The lowest BCUT2D eigenvalue weighted by Gasteiger charge is -2.19. The molecule has 7 nitrogen and oxygen atoms in total. The van der Waals surface area contributed by atoms with Gasteiger partial charge in [-0.15, -0.1) is 0 Å². The van der Waals surface area contributed by atoms with Crippen LogP contribution in [-0.2, 0) is 4.74 Å². The molecule has 0 bridgehead atoms. The molecular weight excluding hydrogens is 262 g/mol. The van der Waals surface area contributed by atoms with Crippen molar-refractivity contribution in [2.75, 3.05) is 26.2 Å². The third kappa shape index (κ3) is 12.9. The normalized spacial score (nSPS) is 10.8. The molecule has 0 aliphatic heterocycles. The molecule has 0 aliphatic rings. The van der Waals surface area contributed by atoms with Crippen molar-refractivity contribution in [2.45, 2.75) is 45.6 Å². The van der Waals surface area contributed by atoms with E-state index in [-0.39, 0.29) is 12.6 Å². The van der Waals surface area contributed by atoms with Gasteiger partial charge in [0.05, 0.1) is 0 Å². The van der Waals surface area contributed by atoms with Crippen LogP contribution in [0, 0.1) is 0 Å². The number of ether oxygens (including phenoxy) is 1. The van der Waals surface area contributed by atoms with Gasteiger partial charge in [-0.3, -0.25) is 0 Å². The summed E-state index contributed by atoms with van der Waals surface area (Å²) in [5.74, 6) is 0. The molecule has 0 saturated heterocycles. The molecule has 7 heteroatoms. The molecule has 0 spiro atoms. The van der Waals surface area contributed by atoms with Gasteiger partial charge in [0.2, 0.25) is 0 Å². The van der Waals surface area contributed by atoms with E-state index in [4.69, 9.17) is 9.84 Å². The Kier molecular flexibility index (Phi) is 9.53. The number of carbonyl (C=O) groups excluding carboxylic acids is 2. The molecule has 0 saturated carbocycles. The maximum Gasteiger partial charge on any atom is 0.407 e. The van der Waals surface area contributed by atoms with Crippen LogP contribution in [-0.4, -0.2) is 49.1 Å². The molecule has 118 valence electrons. The van der Waals surface area contributed by atoms with Crippen LogP contribution in [0.4, 0.5) is 9.59 Å². The van der Waals surface area contributed by atoms with E-state index in [1.807, 2.05) is 0 Å². The Morgan fingerprint density at radius 1 is 0.950 bits per heavy atom. The molecule has 0 fully saturated rings. The maximum atomic E-state index is 11.3. The number of urea groups is 1. The van der Waals surface area contributed by atoms with Crippen molar-refractivity contribution >= 4 is 12.1 Å². The number of aliphatic hydroxyl groups excluding tert-OH is 1. The molecule has 0 aromatic carbocycles. The summed E-state index contributed by atoms with van der Waals surface area (Å²) in [6, 6.07) is -0.264. The van der Waals surface area contributed by atoms with E-state index in [9.17, 15) is 9.59 Å². The van der Waals surface area contributed by atoms with Crippen LogP contribution in [0.15, 0.2) is 0 Å². The molecule has 4 N–H and O–H groups in total. The van der Waals surface area contributed by atoms with Crippen molar-refractivity contribution in [3.63, 3.8) is 0 Å². The largest absolute Gasteiger partial charge is 0.444 e. The Bertz CT molecular complexity index is 290. The first kappa shape index (κ1) is 18.5. The summed E-state index contributed by atoms with van der Waals surface area (Å²) in [6.45, 7) is 6.77. The first-order valence-corrected chi connectivity index (χ1v) is 6.94. The van der Waals surface area contributed by atoms with Crippen LogP contribution in [0.3, 0.4) is 0 Å². The SMILES string of the molecule is CC(C)(C)OC(=O)NCCNC(=O)NCCCCCO. The molecular formula is C13H27N3O4. The molecule has 0 aromatic rings. The number of rotatable bonds is 8. The van der Waals surface area contributed by atoms with Crippen LogP contribution in [0.5, 0.6) is 0 Å². The summed E-state index contributed by atoms with van der Waals surface area (Å²) in [5.41, 5.74) is -0.524. The van der Waals surface area contributed by atoms with Gasteiger partial charge < -0.3 is 25.8 Å². The van der Waals surface area contributed by atoms with Gasteiger partial charge in [-0.25, -0.2) is 9.59 Å². The van der Waals surface area contributed by atoms with Gasteiger partial charge in [-0.1, -0.05) is 0 Å². The van der Waals surface area contributed by atoms with E-state index in [0.29, 0.717) is 19.6 Å². The highest BCUT2D eigenvalue weighted by Gasteiger charge is 2.15. The molecule has 0 aromatic heterocycles. The first-order chi connectivity index (χ1) is 9.35. The van der Waals surface area contributed by atoms with E-state index < -0.39 is 11.7 Å². The molecule has 3 amide bonds. The number of amides is 3. The Labute approximate surface area is 120 Å².